The summed E-state index contributed by atoms with van der Waals surface area (Å²) in [4.78, 5) is 16.9. The standard InChI is InChI=1S/C22H31N5O/c1-17-23-20-16-28-21-8-5-4-7-18(21)15-19(20)22(24-17)27-13-11-26(12-14-27)10-6-9-25(2)3/h4-5,7-8H,6,9-16H2,1-3H3. The molecule has 2 aromatic rings. The Morgan fingerprint density at radius 3 is 2.64 bits per heavy atom. The Balaban J connectivity index is 1.50. The molecule has 2 aliphatic rings. The third kappa shape index (κ3) is 4.28. The first kappa shape index (κ1) is 19.2. The van der Waals surface area contributed by atoms with E-state index < -0.39 is 0 Å². The minimum Gasteiger partial charge on any atom is -0.487 e. The van der Waals surface area contributed by atoms with Gasteiger partial charge in [-0.1, -0.05) is 18.2 Å². The highest BCUT2D eigenvalue weighted by molar-refractivity contribution is 5.54. The molecule has 1 fully saturated rings. The van der Waals surface area contributed by atoms with E-state index in [-0.39, 0.29) is 0 Å². The van der Waals surface area contributed by atoms with Crippen LogP contribution < -0.4 is 9.64 Å². The molecule has 0 bridgehead atoms. The van der Waals surface area contributed by atoms with Crippen LogP contribution in [-0.2, 0) is 13.0 Å². The third-order valence-electron chi connectivity index (χ3n) is 5.64. The van der Waals surface area contributed by atoms with Gasteiger partial charge in [0, 0.05) is 38.2 Å². The minimum atomic E-state index is 0.521. The monoisotopic (exact) mass is 381 g/mol. The molecule has 1 aromatic carbocycles. The summed E-state index contributed by atoms with van der Waals surface area (Å²) in [6.45, 7) is 9.07. The maximum atomic E-state index is 6.03. The van der Waals surface area contributed by atoms with Crippen LogP contribution in [0, 0.1) is 6.92 Å². The average molecular weight is 382 g/mol. The molecule has 1 aromatic heterocycles. The lowest BCUT2D eigenvalue weighted by molar-refractivity contribution is 0.241. The maximum Gasteiger partial charge on any atom is 0.136 e. The van der Waals surface area contributed by atoms with E-state index >= 15 is 0 Å². The summed E-state index contributed by atoms with van der Waals surface area (Å²) < 4.78 is 6.03. The highest BCUT2D eigenvalue weighted by atomic mass is 16.5. The molecule has 4 rings (SSSR count). The molecule has 0 N–H and O–H groups in total. The van der Waals surface area contributed by atoms with Crippen molar-refractivity contribution in [3.05, 3.63) is 46.9 Å². The molecule has 6 heteroatoms. The van der Waals surface area contributed by atoms with Gasteiger partial charge in [0.15, 0.2) is 0 Å². The number of piperazine rings is 1. The summed E-state index contributed by atoms with van der Waals surface area (Å²) in [6, 6.07) is 8.31. The second-order valence-electron chi connectivity index (χ2n) is 8.08. The van der Waals surface area contributed by atoms with Crippen LogP contribution in [0.1, 0.15) is 29.1 Å². The number of hydrogen-bond donors (Lipinski definition) is 0. The van der Waals surface area contributed by atoms with E-state index in [9.17, 15) is 0 Å². The Hall–Kier alpha value is -2.18. The van der Waals surface area contributed by atoms with E-state index in [0.29, 0.717) is 6.61 Å². The zero-order chi connectivity index (χ0) is 19.5. The van der Waals surface area contributed by atoms with Gasteiger partial charge in [-0.3, -0.25) is 4.90 Å². The molecule has 6 nitrogen and oxygen atoms in total. The molecule has 28 heavy (non-hydrogen) atoms. The normalized spacial score (nSPS) is 17.1. The van der Waals surface area contributed by atoms with Gasteiger partial charge in [-0.15, -0.1) is 0 Å². The lowest BCUT2D eigenvalue weighted by Crippen LogP contribution is -2.47. The Morgan fingerprint density at radius 2 is 1.86 bits per heavy atom. The molecular formula is C22H31N5O. The van der Waals surface area contributed by atoms with Gasteiger partial charge in [0.1, 0.15) is 24.0 Å². The summed E-state index contributed by atoms with van der Waals surface area (Å²) in [5, 5.41) is 0. The van der Waals surface area contributed by atoms with E-state index in [1.807, 2.05) is 19.1 Å². The number of para-hydroxylation sites is 1. The van der Waals surface area contributed by atoms with Crippen molar-refractivity contribution in [2.45, 2.75) is 26.4 Å². The van der Waals surface area contributed by atoms with Crippen molar-refractivity contribution in [3.8, 4) is 5.75 Å². The summed E-state index contributed by atoms with van der Waals surface area (Å²) in [6.07, 6.45) is 2.06. The van der Waals surface area contributed by atoms with Gasteiger partial charge in [0.2, 0.25) is 0 Å². The van der Waals surface area contributed by atoms with Gasteiger partial charge in [-0.2, -0.15) is 0 Å². The molecule has 0 saturated carbocycles. The largest absolute Gasteiger partial charge is 0.487 e. The van der Waals surface area contributed by atoms with Crippen molar-refractivity contribution >= 4 is 5.82 Å². The van der Waals surface area contributed by atoms with Crippen LogP contribution in [0.15, 0.2) is 24.3 Å². The zero-order valence-corrected chi connectivity index (χ0v) is 17.3. The van der Waals surface area contributed by atoms with Crippen LogP contribution in [0.5, 0.6) is 5.75 Å². The predicted octanol–water partition coefficient (Wildman–Crippen LogP) is 2.34. The number of ether oxygens (including phenoxy) is 1. The number of rotatable bonds is 5. The predicted molar refractivity (Wildman–Crippen MR) is 112 cm³/mol. The highest BCUT2D eigenvalue weighted by Gasteiger charge is 2.25. The smallest absolute Gasteiger partial charge is 0.136 e. The van der Waals surface area contributed by atoms with Crippen LogP contribution in [-0.4, -0.2) is 73.1 Å². The lowest BCUT2D eigenvalue weighted by atomic mass is 10.0. The van der Waals surface area contributed by atoms with Gasteiger partial charge in [-0.05, 0) is 52.2 Å². The minimum absolute atomic E-state index is 0.521. The van der Waals surface area contributed by atoms with Crippen molar-refractivity contribution in [1.29, 1.82) is 0 Å². The second-order valence-corrected chi connectivity index (χ2v) is 8.08. The fourth-order valence-corrected chi connectivity index (χ4v) is 4.12. The van der Waals surface area contributed by atoms with E-state index in [4.69, 9.17) is 14.7 Å². The molecule has 2 aliphatic heterocycles. The number of aromatic nitrogens is 2. The number of fused-ring (bicyclic) bond motifs is 2. The van der Waals surface area contributed by atoms with Crippen molar-refractivity contribution in [2.24, 2.45) is 0 Å². The van der Waals surface area contributed by atoms with E-state index in [1.54, 1.807) is 0 Å². The van der Waals surface area contributed by atoms with Crippen LogP contribution in [0.25, 0.3) is 0 Å². The molecule has 0 radical (unpaired) electrons. The highest BCUT2D eigenvalue weighted by Crippen LogP contribution is 2.32. The van der Waals surface area contributed by atoms with Gasteiger partial charge in [-0.25, -0.2) is 9.97 Å². The molecular weight excluding hydrogens is 350 g/mol. The zero-order valence-electron chi connectivity index (χ0n) is 17.3. The molecule has 0 unspecified atom stereocenters. The Morgan fingerprint density at radius 1 is 1.07 bits per heavy atom. The van der Waals surface area contributed by atoms with Crippen molar-refractivity contribution < 1.29 is 4.74 Å². The Bertz CT molecular complexity index is 815. The first-order chi connectivity index (χ1) is 13.6. The third-order valence-corrected chi connectivity index (χ3v) is 5.64. The molecule has 3 heterocycles. The Kier molecular flexibility index (Phi) is 5.78. The van der Waals surface area contributed by atoms with E-state index in [0.717, 1.165) is 62.2 Å². The first-order valence-electron chi connectivity index (χ1n) is 10.3. The van der Waals surface area contributed by atoms with E-state index in [2.05, 4.69) is 40.9 Å². The van der Waals surface area contributed by atoms with Crippen molar-refractivity contribution in [1.82, 2.24) is 19.8 Å². The van der Waals surface area contributed by atoms with Crippen LogP contribution in [0.4, 0.5) is 5.82 Å². The molecule has 0 spiro atoms. The summed E-state index contributed by atoms with van der Waals surface area (Å²) in [5.41, 5.74) is 3.49. The average Bonchev–Trinajstić information content (AvgIpc) is 2.87. The van der Waals surface area contributed by atoms with Crippen molar-refractivity contribution in [2.75, 3.05) is 58.3 Å². The molecule has 1 saturated heterocycles. The number of benzene rings is 1. The summed E-state index contributed by atoms with van der Waals surface area (Å²) in [5.74, 6) is 2.90. The van der Waals surface area contributed by atoms with E-state index in [1.165, 1.54) is 24.1 Å². The maximum absolute atomic E-state index is 6.03. The fraction of sp³-hybridized carbons (Fsp3) is 0.545. The number of anilines is 1. The Labute approximate surface area is 168 Å². The summed E-state index contributed by atoms with van der Waals surface area (Å²) >= 11 is 0. The van der Waals surface area contributed by atoms with Gasteiger partial charge in [0.05, 0.1) is 5.69 Å². The topological polar surface area (TPSA) is 44.7 Å². The number of hydrogen-bond acceptors (Lipinski definition) is 6. The van der Waals surface area contributed by atoms with Crippen LogP contribution in [0.2, 0.25) is 0 Å². The first-order valence-corrected chi connectivity index (χ1v) is 10.3. The lowest BCUT2D eigenvalue weighted by Gasteiger charge is -2.36. The van der Waals surface area contributed by atoms with Gasteiger partial charge in [0.25, 0.3) is 0 Å². The summed E-state index contributed by atoms with van der Waals surface area (Å²) in [7, 11) is 4.28. The molecule has 0 amide bonds. The SMILES string of the molecule is Cc1nc2c(c(N3CCN(CCCN(C)C)CC3)n1)Cc1ccccc1OC2. The molecule has 0 aliphatic carbocycles. The molecule has 150 valence electrons. The second kappa shape index (κ2) is 8.45. The van der Waals surface area contributed by atoms with Gasteiger partial charge < -0.3 is 14.5 Å². The quantitative estimate of drug-likeness (QED) is 0.792. The van der Waals surface area contributed by atoms with Crippen LogP contribution in [0.3, 0.4) is 0 Å². The fourth-order valence-electron chi connectivity index (χ4n) is 4.12. The molecule has 0 atom stereocenters. The van der Waals surface area contributed by atoms with Crippen LogP contribution >= 0.6 is 0 Å². The van der Waals surface area contributed by atoms with Gasteiger partial charge >= 0.3 is 0 Å². The number of nitrogens with zero attached hydrogens (tertiary/aromatic N) is 5. The van der Waals surface area contributed by atoms with Crippen molar-refractivity contribution in [3.63, 3.8) is 0 Å². The number of aryl methyl sites for hydroxylation is 1.